The third-order valence-corrected chi connectivity index (χ3v) is 5.54. The first-order valence-corrected chi connectivity index (χ1v) is 11.0. The van der Waals surface area contributed by atoms with Gasteiger partial charge in [0.25, 0.3) is 5.91 Å². The Morgan fingerprint density at radius 3 is 2.78 bits per heavy atom. The van der Waals surface area contributed by atoms with Gasteiger partial charge in [-0.3, -0.25) is 14.6 Å². The number of ether oxygens (including phenoxy) is 2. The van der Waals surface area contributed by atoms with Crippen molar-refractivity contribution in [3.63, 3.8) is 0 Å². The van der Waals surface area contributed by atoms with Gasteiger partial charge >= 0.3 is 6.18 Å². The normalized spacial score (nSPS) is 15.8. The smallest absolute Gasteiger partial charge is 0.411 e. The minimum atomic E-state index is -4.51. The van der Waals surface area contributed by atoms with Crippen molar-refractivity contribution in [1.29, 1.82) is 5.26 Å². The lowest BCUT2D eigenvalue weighted by atomic mass is 9.87. The van der Waals surface area contributed by atoms with Gasteiger partial charge in [0.2, 0.25) is 0 Å². The van der Waals surface area contributed by atoms with Crippen molar-refractivity contribution in [2.45, 2.75) is 18.7 Å². The molecule has 0 saturated carbocycles. The molecule has 0 bridgehead atoms. The highest BCUT2D eigenvalue weighted by Gasteiger charge is 2.33. The Labute approximate surface area is 204 Å². The van der Waals surface area contributed by atoms with Gasteiger partial charge in [-0.25, -0.2) is 10.5 Å². The van der Waals surface area contributed by atoms with E-state index in [4.69, 9.17) is 19.6 Å². The largest absolute Gasteiger partial charge is 0.493 e. The number of nitriles is 1. The maximum absolute atomic E-state index is 12.7. The number of alkyl halides is 3. The van der Waals surface area contributed by atoms with E-state index >= 15 is 0 Å². The number of aromatic nitrogens is 2. The third-order valence-electron chi connectivity index (χ3n) is 5.54. The molecule has 0 aliphatic carbocycles. The molecule has 0 saturated heterocycles. The van der Waals surface area contributed by atoms with Crippen LogP contribution in [0.2, 0.25) is 0 Å². The minimum absolute atomic E-state index is 0.144. The van der Waals surface area contributed by atoms with Gasteiger partial charge in [0.05, 0.1) is 18.8 Å². The number of carbonyl (C=O) groups excluding carboxylic acids is 1. The second-order valence-electron chi connectivity index (χ2n) is 8.06. The second kappa shape index (κ2) is 11.2. The number of amides is 1. The molecule has 1 N–H and O–H groups in total. The van der Waals surface area contributed by atoms with Crippen LogP contribution in [-0.4, -0.2) is 48.0 Å². The molecular weight excluding hydrogens is 477 g/mol. The van der Waals surface area contributed by atoms with E-state index in [1.807, 2.05) is 18.2 Å². The lowest BCUT2D eigenvalue weighted by molar-refractivity contribution is -0.187. The van der Waals surface area contributed by atoms with Crippen molar-refractivity contribution in [1.82, 2.24) is 15.4 Å². The molecule has 1 aliphatic rings. The van der Waals surface area contributed by atoms with Gasteiger partial charge in [0.1, 0.15) is 30.2 Å². The monoisotopic (exact) mass is 498 g/mol. The van der Waals surface area contributed by atoms with Gasteiger partial charge in [-0.15, -0.1) is 0 Å². The first kappa shape index (κ1) is 25.1. The maximum Gasteiger partial charge on any atom is 0.411 e. The van der Waals surface area contributed by atoms with E-state index in [0.29, 0.717) is 12.2 Å². The fourth-order valence-electron chi connectivity index (χ4n) is 3.80. The molecule has 8 nitrogen and oxygen atoms in total. The zero-order chi connectivity index (χ0) is 25.5. The summed E-state index contributed by atoms with van der Waals surface area (Å²) in [4.78, 5) is 25.9. The van der Waals surface area contributed by atoms with Crippen LogP contribution in [0, 0.1) is 17.2 Å². The molecule has 0 radical (unpaired) electrons. The van der Waals surface area contributed by atoms with Crippen molar-refractivity contribution in [2.24, 2.45) is 5.92 Å². The second-order valence-corrected chi connectivity index (χ2v) is 8.06. The highest BCUT2D eigenvalue weighted by Crippen LogP contribution is 2.37. The van der Waals surface area contributed by atoms with Crippen LogP contribution in [-0.2, 0) is 16.0 Å². The molecule has 2 atom stereocenters. The Morgan fingerprint density at radius 1 is 1.22 bits per heavy atom. The summed E-state index contributed by atoms with van der Waals surface area (Å²) in [6.07, 6.45) is -0.641. The Bertz CT molecular complexity index is 1230. The van der Waals surface area contributed by atoms with Gasteiger partial charge in [0.15, 0.2) is 0 Å². The summed E-state index contributed by atoms with van der Waals surface area (Å²) < 4.78 is 48.8. The number of hydrogen-bond acceptors (Lipinski definition) is 7. The summed E-state index contributed by atoms with van der Waals surface area (Å²) in [5, 5.41) is 9.01. The first-order chi connectivity index (χ1) is 17.3. The number of benzene rings is 1. The van der Waals surface area contributed by atoms with E-state index in [0.717, 1.165) is 16.7 Å². The van der Waals surface area contributed by atoms with Gasteiger partial charge in [-0.1, -0.05) is 12.1 Å². The molecule has 1 aliphatic heterocycles. The van der Waals surface area contributed by atoms with E-state index in [1.54, 1.807) is 30.5 Å². The average molecular weight is 498 g/mol. The number of rotatable bonds is 8. The lowest BCUT2D eigenvalue weighted by Crippen LogP contribution is -2.42. The Kier molecular flexibility index (Phi) is 7.77. The van der Waals surface area contributed by atoms with Crippen molar-refractivity contribution < 1.29 is 32.3 Å². The number of hydrogen-bond donors (Lipinski definition) is 1. The highest BCUT2D eigenvalue weighted by atomic mass is 19.4. The summed E-state index contributed by atoms with van der Waals surface area (Å²) in [6.45, 7) is -1.72. The van der Waals surface area contributed by atoms with E-state index < -0.39 is 37.3 Å². The van der Waals surface area contributed by atoms with Gasteiger partial charge in [0, 0.05) is 35.6 Å². The number of nitrogens with zero attached hydrogens (tertiary/aromatic N) is 3. The van der Waals surface area contributed by atoms with Crippen molar-refractivity contribution >= 4 is 5.91 Å². The number of carbonyl (C=O) groups is 1. The summed E-state index contributed by atoms with van der Waals surface area (Å²) in [5.41, 5.74) is 5.17. The fraction of sp³-hybridized carbons (Fsp3) is 0.280. The van der Waals surface area contributed by atoms with Gasteiger partial charge in [-0.2, -0.15) is 18.4 Å². The van der Waals surface area contributed by atoms with Crippen molar-refractivity contribution in [2.75, 3.05) is 19.8 Å². The molecule has 36 heavy (non-hydrogen) atoms. The number of pyridine rings is 2. The van der Waals surface area contributed by atoms with Gasteiger partial charge < -0.3 is 9.47 Å². The van der Waals surface area contributed by atoms with Crippen LogP contribution in [0.25, 0.3) is 11.1 Å². The van der Waals surface area contributed by atoms with E-state index in [1.165, 1.54) is 18.5 Å². The topological polar surface area (TPSA) is 106 Å². The summed E-state index contributed by atoms with van der Waals surface area (Å²) >= 11 is 0. The standard InChI is InChI=1S/C25H21F3N4O4/c26-25(27,28)15-34-14-23(36-32-24(33)17-3-2-8-30-11-17)18-9-21-20(4-1-5-22(21)35-13-18)16-6-7-19(10-29)31-12-16/h1-8,11-12,18,23H,9,13-15H2,(H,32,33)/t18-,23?/m0/s1. The Hall–Kier alpha value is -4.01. The van der Waals surface area contributed by atoms with E-state index in [9.17, 15) is 18.0 Å². The van der Waals surface area contributed by atoms with Crippen LogP contribution in [0.5, 0.6) is 5.75 Å². The number of nitrogens with one attached hydrogen (secondary N) is 1. The van der Waals surface area contributed by atoms with Crippen LogP contribution in [0.4, 0.5) is 13.2 Å². The van der Waals surface area contributed by atoms with Crippen LogP contribution in [0.15, 0.2) is 61.1 Å². The summed E-state index contributed by atoms with van der Waals surface area (Å²) in [7, 11) is 0. The molecule has 4 rings (SSSR count). The predicted molar refractivity (Wildman–Crippen MR) is 121 cm³/mol. The van der Waals surface area contributed by atoms with Crippen LogP contribution in [0.3, 0.4) is 0 Å². The fourth-order valence-corrected chi connectivity index (χ4v) is 3.80. The molecular formula is C25H21F3N4O4. The number of hydroxylamine groups is 1. The maximum atomic E-state index is 12.7. The Balaban J connectivity index is 1.53. The molecule has 11 heteroatoms. The molecule has 1 unspecified atom stereocenters. The molecule has 3 heterocycles. The van der Waals surface area contributed by atoms with E-state index in [2.05, 4.69) is 15.4 Å². The molecule has 1 aromatic carbocycles. The lowest BCUT2D eigenvalue weighted by Gasteiger charge is -2.32. The van der Waals surface area contributed by atoms with Crippen LogP contribution >= 0.6 is 0 Å². The quantitative estimate of drug-likeness (QED) is 0.470. The Morgan fingerprint density at radius 2 is 2.08 bits per heavy atom. The SMILES string of the molecule is N#Cc1ccc(-c2cccc3c2C[C@H](C(COCC(F)(F)F)ONC(=O)c2cccnc2)CO3)cn1. The first-order valence-electron chi connectivity index (χ1n) is 11.0. The molecule has 3 aromatic rings. The van der Waals surface area contributed by atoms with Gasteiger partial charge in [-0.05, 0) is 42.3 Å². The highest BCUT2D eigenvalue weighted by molar-refractivity contribution is 5.93. The number of fused-ring (bicyclic) bond motifs is 1. The van der Waals surface area contributed by atoms with Crippen molar-refractivity contribution in [3.05, 3.63) is 77.9 Å². The molecule has 1 amide bonds. The summed E-state index contributed by atoms with van der Waals surface area (Å²) in [5.74, 6) is -0.403. The molecule has 186 valence electrons. The van der Waals surface area contributed by atoms with Crippen LogP contribution < -0.4 is 10.2 Å². The zero-order valence-corrected chi connectivity index (χ0v) is 18.9. The van der Waals surface area contributed by atoms with Crippen LogP contribution in [0.1, 0.15) is 21.6 Å². The zero-order valence-electron chi connectivity index (χ0n) is 18.9. The summed E-state index contributed by atoms with van der Waals surface area (Å²) in [6, 6.07) is 13.9. The third kappa shape index (κ3) is 6.35. The molecule has 0 spiro atoms. The average Bonchev–Trinajstić information content (AvgIpc) is 2.89. The number of halogens is 3. The van der Waals surface area contributed by atoms with E-state index in [-0.39, 0.29) is 17.9 Å². The molecule has 0 fully saturated rings. The predicted octanol–water partition coefficient (Wildman–Crippen LogP) is 3.88. The van der Waals surface area contributed by atoms with Crippen molar-refractivity contribution in [3.8, 4) is 22.9 Å². The molecule has 2 aromatic heterocycles. The minimum Gasteiger partial charge on any atom is -0.493 e.